The zero-order chi connectivity index (χ0) is 13.0. The quantitative estimate of drug-likeness (QED) is 0.874. The van der Waals surface area contributed by atoms with Crippen molar-refractivity contribution in [2.24, 2.45) is 0 Å². The van der Waals surface area contributed by atoms with Gasteiger partial charge in [-0.3, -0.25) is 4.90 Å². The smallest absolute Gasteiger partial charge is 0.0592 e. The Kier molecular flexibility index (Phi) is 6.01. The second kappa shape index (κ2) is 7.29. The van der Waals surface area contributed by atoms with Crippen LogP contribution in [0.15, 0.2) is 15.9 Å². The van der Waals surface area contributed by atoms with E-state index in [1.165, 1.54) is 33.8 Å². The summed E-state index contributed by atoms with van der Waals surface area (Å²) in [6.45, 7) is 4.51. The fourth-order valence-electron chi connectivity index (χ4n) is 2.29. The van der Waals surface area contributed by atoms with Gasteiger partial charge in [0.1, 0.15) is 0 Å². The summed E-state index contributed by atoms with van der Waals surface area (Å²) in [6, 6.07) is 3.22. The molecule has 1 fully saturated rings. The minimum atomic E-state index is 0.456. The maximum Gasteiger partial charge on any atom is 0.0592 e. The van der Waals surface area contributed by atoms with Gasteiger partial charge >= 0.3 is 0 Å². The van der Waals surface area contributed by atoms with E-state index in [9.17, 15) is 0 Å². The van der Waals surface area contributed by atoms with Gasteiger partial charge in [-0.2, -0.15) is 11.8 Å². The van der Waals surface area contributed by atoms with Crippen LogP contribution in [-0.2, 0) is 0 Å². The van der Waals surface area contributed by atoms with Gasteiger partial charge in [0.25, 0.3) is 0 Å². The molecule has 0 amide bonds. The Labute approximate surface area is 127 Å². The molecule has 5 heteroatoms. The maximum absolute atomic E-state index is 3.74. The fourth-order valence-corrected chi connectivity index (χ4v) is 5.31. The molecule has 0 bridgehead atoms. The zero-order valence-electron chi connectivity index (χ0n) is 11.0. The summed E-state index contributed by atoms with van der Waals surface area (Å²) in [5.74, 6) is 2.49. The summed E-state index contributed by atoms with van der Waals surface area (Å²) in [5, 5.41) is 5.91. The predicted octanol–water partition coefficient (Wildman–Crippen LogP) is 3.60. The topological polar surface area (TPSA) is 15.3 Å². The molecule has 0 aliphatic carbocycles. The molecule has 2 rings (SSSR count). The molecule has 1 aliphatic rings. The van der Waals surface area contributed by atoms with Gasteiger partial charge in [-0.05, 0) is 47.4 Å². The van der Waals surface area contributed by atoms with E-state index in [1.807, 2.05) is 11.3 Å². The molecule has 0 aromatic carbocycles. The van der Waals surface area contributed by atoms with Crippen LogP contribution >= 0.6 is 39.0 Å². The summed E-state index contributed by atoms with van der Waals surface area (Å²) in [6.07, 6.45) is 1.18. The lowest BCUT2D eigenvalue weighted by Gasteiger charge is -2.38. The first-order chi connectivity index (χ1) is 8.74. The van der Waals surface area contributed by atoms with Crippen molar-refractivity contribution in [2.45, 2.75) is 25.4 Å². The number of hydrogen-bond acceptors (Lipinski definition) is 4. The predicted molar refractivity (Wildman–Crippen MR) is 86.8 cm³/mol. The number of nitrogens with one attached hydrogen (secondary N) is 1. The van der Waals surface area contributed by atoms with Gasteiger partial charge < -0.3 is 5.32 Å². The second-order valence-electron chi connectivity index (χ2n) is 4.69. The lowest BCUT2D eigenvalue weighted by Crippen LogP contribution is -2.47. The minimum absolute atomic E-state index is 0.456. The highest BCUT2D eigenvalue weighted by Crippen LogP contribution is 2.34. The Bertz CT molecular complexity index is 370. The number of hydrogen-bond donors (Lipinski definition) is 1. The Balaban J connectivity index is 2.16. The van der Waals surface area contributed by atoms with Crippen molar-refractivity contribution < 1.29 is 0 Å². The minimum Gasteiger partial charge on any atom is -0.308 e. The Morgan fingerprint density at radius 1 is 1.61 bits per heavy atom. The van der Waals surface area contributed by atoms with E-state index in [0.29, 0.717) is 12.1 Å². The molecule has 0 saturated carbocycles. The van der Waals surface area contributed by atoms with Gasteiger partial charge in [-0.1, -0.05) is 6.92 Å². The highest BCUT2D eigenvalue weighted by molar-refractivity contribution is 9.10. The van der Waals surface area contributed by atoms with E-state index < -0.39 is 0 Å². The van der Waals surface area contributed by atoms with E-state index in [1.54, 1.807) is 0 Å². The largest absolute Gasteiger partial charge is 0.308 e. The number of thioether (sulfide) groups is 1. The number of nitrogens with zero attached hydrogens (tertiary/aromatic N) is 1. The molecule has 0 radical (unpaired) electrons. The lowest BCUT2D eigenvalue weighted by molar-refractivity contribution is 0.217. The van der Waals surface area contributed by atoms with Gasteiger partial charge in [0.2, 0.25) is 0 Å². The summed E-state index contributed by atoms with van der Waals surface area (Å²) >= 11 is 7.63. The first-order valence-corrected chi connectivity index (χ1v) is 9.31. The van der Waals surface area contributed by atoms with Gasteiger partial charge in [0.05, 0.1) is 6.04 Å². The first-order valence-electron chi connectivity index (χ1n) is 6.48. The van der Waals surface area contributed by atoms with E-state index in [-0.39, 0.29) is 0 Å². The molecule has 102 valence electrons. The van der Waals surface area contributed by atoms with Crippen molar-refractivity contribution in [3.63, 3.8) is 0 Å². The van der Waals surface area contributed by atoms with Crippen molar-refractivity contribution in [3.8, 4) is 0 Å². The van der Waals surface area contributed by atoms with Gasteiger partial charge in [0, 0.05) is 33.4 Å². The fraction of sp³-hybridized carbons (Fsp3) is 0.692. The van der Waals surface area contributed by atoms with Crippen molar-refractivity contribution in [2.75, 3.05) is 31.6 Å². The van der Waals surface area contributed by atoms with Crippen LogP contribution in [0.1, 0.15) is 24.3 Å². The highest BCUT2D eigenvalue weighted by Gasteiger charge is 2.30. The number of halogens is 1. The van der Waals surface area contributed by atoms with Crippen LogP contribution in [0.5, 0.6) is 0 Å². The molecule has 1 N–H and O–H groups in total. The highest BCUT2D eigenvalue weighted by atomic mass is 79.9. The van der Waals surface area contributed by atoms with E-state index >= 15 is 0 Å². The average Bonchev–Trinajstić information content (AvgIpc) is 2.78. The third-order valence-corrected chi connectivity index (χ3v) is 6.37. The van der Waals surface area contributed by atoms with Crippen LogP contribution in [0.25, 0.3) is 0 Å². The third kappa shape index (κ3) is 3.51. The van der Waals surface area contributed by atoms with Crippen LogP contribution in [0, 0.1) is 0 Å². The molecular weight excluding hydrogens is 328 g/mol. The van der Waals surface area contributed by atoms with Gasteiger partial charge in [0.15, 0.2) is 0 Å². The second-order valence-corrected chi connectivity index (χ2v) is 7.64. The van der Waals surface area contributed by atoms with Crippen molar-refractivity contribution in [3.05, 3.63) is 20.8 Å². The molecule has 2 atom stereocenters. The molecule has 0 spiro atoms. The monoisotopic (exact) mass is 348 g/mol. The molecule has 1 aromatic heterocycles. The van der Waals surface area contributed by atoms with Crippen LogP contribution in [-0.4, -0.2) is 42.6 Å². The van der Waals surface area contributed by atoms with Crippen molar-refractivity contribution in [1.29, 1.82) is 0 Å². The van der Waals surface area contributed by atoms with Crippen LogP contribution in [0.3, 0.4) is 0 Å². The van der Waals surface area contributed by atoms with Gasteiger partial charge in [-0.25, -0.2) is 0 Å². The zero-order valence-corrected chi connectivity index (χ0v) is 14.2. The first kappa shape index (κ1) is 14.9. The maximum atomic E-state index is 3.74. The van der Waals surface area contributed by atoms with E-state index in [2.05, 4.69) is 63.3 Å². The van der Waals surface area contributed by atoms with Crippen LogP contribution < -0.4 is 5.32 Å². The van der Waals surface area contributed by atoms with Gasteiger partial charge in [-0.15, -0.1) is 11.3 Å². The Morgan fingerprint density at radius 2 is 2.44 bits per heavy atom. The molecule has 2 nitrogen and oxygen atoms in total. The Hall–Kier alpha value is 0.450. The summed E-state index contributed by atoms with van der Waals surface area (Å²) in [5.41, 5.74) is 0. The van der Waals surface area contributed by atoms with Crippen LogP contribution in [0.2, 0.25) is 0 Å². The molecular formula is C13H21BrN2S2. The molecule has 18 heavy (non-hydrogen) atoms. The number of likely N-dealkylation sites (N-methyl/N-ethyl adjacent to an activating group) is 1. The standard InChI is InChI=1S/C13H21BrN2S2/c1-3-5-15-12(13-10(14)4-7-18-13)11-9-17-8-6-16(11)2/h4,7,11-12,15H,3,5-6,8-9H2,1-2H3. The van der Waals surface area contributed by atoms with Crippen LogP contribution in [0.4, 0.5) is 0 Å². The molecule has 1 aliphatic heterocycles. The molecule has 2 heterocycles. The third-order valence-electron chi connectivity index (χ3n) is 3.37. The van der Waals surface area contributed by atoms with E-state index in [0.717, 1.165) is 6.54 Å². The van der Waals surface area contributed by atoms with Crippen molar-refractivity contribution >= 4 is 39.0 Å². The number of rotatable bonds is 5. The lowest BCUT2D eigenvalue weighted by atomic mass is 10.1. The molecule has 1 saturated heterocycles. The summed E-state index contributed by atoms with van der Waals surface area (Å²) in [4.78, 5) is 3.96. The summed E-state index contributed by atoms with van der Waals surface area (Å²) < 4.78 is 1.25. The Morgan fingerprint density at radius 3 is 3.06 bits per heavy atom. The SMILES string of the molecule is CCCNC(c1sccc1Br)C1CSCCN1C. The van der Waals surface area contributed by atoms with E-state index in [4.69, 9.17) is 0 Å². The summed E-state index contributed by atoms with van der Waals surface area (Å²) in [7, 11) is 2.26. The molecule has 2 unspecified atom stereocenters. The average molecular weight is 349 g/mol. The normalized spacial score (nSPS) is 23.2. The number of thiophene rings is 1. The van der Waals surface area contributed by atoms with Crippen molar-refractivity contribution in [1.82, 2.24) is 10.2 Å². The molecule has 1 aromatic rings.